The predicted octanol–water partition coefficient (Wildman–Crippen LogP) is 6.96. The van der Waals surface area contributed by atoms with Crippen molar-refractivity contribution in [1.82, 2.24) is 14.2 Å². The van der Waals surface area contributed by atoms with Gasteiger partial charge in [-0.1, -0.05) is 54.6 Å². The number of nitriles is 1. The highest BCUT2D eigenvalue weighted by molar-refractivity contribution is 7.44. The third-order valence-corrected chi connectivity index (χ3v) is 11.8. The summed E-state index contributed by atoms with van der Waals surface area (Å²) >= 11 is 0. The molecule has 1 unspecified atom stereocenters. The molecule has 2 heterocycles. The fourth-order valence-electron chi connectivity index (χ4n) is 7.02. The standard InChI is InChI=1S/C43H52N5O10P/c1-28(2)48(29(3)4)59(56-24-12-23-44)58-37-25-39(47-26-36(41(50)54-8)40(45-30(5)49)46-42(47)51)57-38(37)27-55-43(31-13-10-9-11-14-31,32-15-19-34(52-6)20-16-32)33-17-21-35(53-7)22-18-33/h9-11,13-22,26,28-29,37-39H,12,24-25,27H2,1-8H3,(H,45,46,49,51)/t37-,38+,39+,59?/m0/s1. The van der Waals surface area contributed by atoms with Crippen molar-refractivity contribution in [2.24, 2.45) is 0 Å². The number of nitrogens with zero attached hydrogens (tertiary/aromatic N) is 4. The van der Waals surface area contributed by atoms with Crippen LogP contribution in [-0.2, 0) is 33.7 Å². The summed E-state index contributed by atoms with van der Waals surface area (Å²) in [4.78, 5) is 42.6. The van der Waals surface area contributed by atoms with Gasteiger partial charge >= 0.3 is 11.7 Å². The van der Waals surface area contributed by atoms with E-state index < -0.39 is 50.1 Å². The highest BCUT2D eigenvalue weighted by atomic mass is 31.2. The lowest BCUT2D eigenvalue weighted by atomic mass is 9.80. The number of aromatic nitrogens is 2. The average Bonchev–Trinajstić information content (AvgIpc) is 3.63. The van der Waals surface area contributed by atoms with Crippen molar-refractivity contribution >= 4 is 26.2 Å². The highest BCUT2D eigenvalue weighted by Crippen LogP contribution is 2.50. The molecule has 0 spiro atoms. The number of nitrogens with one attached hydrogen (secondary N) is 1. The van der Waals surface area contributed by atoms with Crippen LogP contribution in [-0.4, -0.2) is 84.9 Å². The van der Waals surface area contributed by atoms with Crippen molar-refractivity contribution in [3.05, 3.63) is 118 Å². The predicted molar refractivity (Wildman–Crippen MR) is 221 cm³/mol. The van der Waals surface area contributed by atoms with Crippen molar-refractivity contribution < 1.29 is 42.3 Å². The van der Waals surface area contributed by atoms with Gasteiger partial charge in [-0.15, -0.1) is 0 Å². The van der Waals surface area contributed by atoms with Crippen molar-refractivity contribution in [2.45, 2.75) is 83.6 Å². The molecular weight excluding hydrogens is 777 g/mol. The van der Waals surface area contributed by atoms with Crippen LogP contribution in [0.5, 0.6) is 11.5 Å². The van der Waals surface area contributed by atoms with Crippen LogP contribution in [0.25, 0.3) is 0 Å². The number of carbonyl (C=O) groups is 2. The van der Waals surface area contributed by atoms with Gasteiger partial charge in [-0.25, -0.2) is 14.3 Å². The lowest BCUT2D eigenvalue weighted by molar-refractivity contribution is -0.114. The fraction of sp³-hybridized carbons (Fsp3) is 0.419. The Labute approximate surface area is 346 Å². The van der Waals surface area contributed by atoms with E-state index in [0.29, 0.717) is 11.5 Å². The van der Waals surface area contributed by atoms with E-state index in [2.05, 4.69) is 21.0 Å². The van der Waals surface area contributed by atoms with Crippen LogP contribution < -0.4 is 20.5 Å². The summed E-state index contributed by atoms with van der Waals surface area (Å²) in [6.45, 7) is 9.46. The monoisotopic (exact) mass is 829 g/mol. The quantitative estimate of drug-likeness (QED) is 0.0445. The van der Waals surface area contributed by atoms with Gasteiger partial charge < -0.3 is 38.0 Å². The van der Waals surface area contributed by atoms with Crippen LogP contribution in [0.15, 0.2) is 89.9 Å². The molecule has 0 aliphatic carbocycles. The second-order valence-electron chi connectivity index (χ2n) is 14.2. The van der Waals surface area contributed by atoms with Crippen LogP contribution in [0, 0.1) is 11.3 Å². The van der Waals surface area contributed by atoms with E-state index in [0.717, 1.165) is 16.7 Å². The Morgan fingerprint density at radius 1 is 0.949 bits per heavy atom. The Kier molecular flexibility index (Phi) is 15.7. The molecule has 4 aromatic rings. The van der Waals surface area contributed by atoms with Crippen molar-refractivity contribution in [1.29, 1.82) is 5.26 Å². The minimum absolute atomic E-state index is 0.00245. The maximum Gasteiger partial charge on any atom is 0.351 e. The number of ether oxygens (including phenoxy) is 5. The highest BCUT2D eigenvalue weighted by Gasteiger charge is 2.45. The second-order valence-corrected chi connectivity index (χ2v) is 15.6. The summed E-state index contributed by atoms with van der Waals surface area (Å²) < 4.78 is 46.4. The number of methoxy groups -OCH3 is 3. The Balaban J connectivity index is 1.64. The summed E-state index contributed by atoms with van der Waals surface area (Å²) in [7, 11) is 2.63. The molecule has 4 atom stereocenters. The van der Waals surface area contributed by atoms with Crippen LogP contribution in [0.3, 0.4) is 0 Å². The van der Waals surface area contributed by atoms with Gasteiger partial charge in [-0.3, -0.25) is 9.36 Å². The van der Waals surface area contributed by atoms with Crippen LogP contribution >= 0.6 is 8.53 Å². The lowest BCUT2D eigenvalue weighted by Crippen LogP contribution is -2.39. The third kappa shape index (κ3) is 10.5. The van der Waals surface area contributed by atoms with Crippen LogP contribution in [0.2, 0.25) is 0 Å². The molecule has 1 fully saturated rings. The summed E-state index contributed by atoms with van der Waals surface area (Å²) in [6.07, 6.45) is -1.03. The molecule has 0 saturated carbocycles. The number of hydrogen-bond donors (Lipinski definition) is 1. The Morgan fingerprint density at radius 2 is 1.53 bits per heavy atom. The molecule has 16 heteroatoms. The summed E-state index contributed by atoms with van der Waals surface area (Å²) in [5, 5.41) is 11.8. The fourth-order valence-corrected chi connectivity index (χ4v) is 8.78. The molecule has 0 bridgehead atoms. The smallest absolute Gasteiger partial charge is 0.351 e. The normalized spacial score (nSPS) is 17.2. The minimum Gasteiger partial charge on any atom is -0.497 e. The Morgan fingerprint density at radius 3 is 2.03 bits per heavy atom. The molecule has 314 valence electrons. The molecule has 59 heavy (non-hydrogen) atoms. The lowest BCUT2D eigenvalue weighted by Gasteiger charge is -2.39. The van der Waals surface area contributed by atoms with Gasteiger partial charge in [0.2, 0.25) is 5.91 Å². The molecule has 1 saturated heterocycles. The molecule has 1 amide bonds. The molecule has 1 N–H and O–H groups in total. The van der Waals surface area contributed by atoms with E-state index in [9.17, 15) is 19.6 Å². The molecule has 1 aromatic heterocycles. The van der Waals surface area contributed by atoms with E-state index in [-0.39, 0.29) is 49.5 Å². The molecule has 15 nitrogen and oxygen atoms in total. The zero-order valence-corrected chi connectivity index (χ0v) is 35.5. The number of carbonyl (C=O) groups excluding carboxylic acids is 2. The third-order valence-electron chi connectivity index (χ3n) is 9.67. The maximum absolute atomic E-state index is 13.7. The van der Waals surface area contributed by atoms with E-state index in [1.54, 1.807) is 14.2 Å². The molecule has 0 radical (unpaired) electrons. The van der Waals surface area contributed by atoms with E-state index >= 15 is 0 Å². The van der Waals surface area contributed by atoms with Crippen molar-refractivity contribution in [3.8, 4) is 17.6 Å². The van der Waals surface area contributed by atoms with Crippen LogP contribution in [0.4, 0.5) is 5.82 Å². The number of anilines is 1. The summed E-state index contributed by atoms with van der Waals surface area (Å²) in [6, 6.07) is 27.2. The second kappa shape index (κ2) is 20.7. The number of hydrogen-bond acceptors (Lipinski definition) is 13. The van der Waals surface area contributed by atoms with E-state index in [1.165, 1.54) is 24.8 Å². The first-order valence-corrected chi connectivity index (χ1v) is 20.4. The number of esters is 1. The minimum atomic E-state index is -1.77. The van der Waals surface area contributed by atoms with Gasteiger partial charge in [0.25, 0.3) is 8.53 Å². The zero-order valence-electron chi connectivity index (χ0n) is 34.6. The van der Waals surface area contributed by atoms with E-state index in [1.807, 2.05) is 107 Å². The molecule has 1 aliphatic rings. The van der Waals surface area contributed by atoms with Crippen molar-refractivity contribution in [2.75, 3.05) is 39.9 Å². The van der Waals surface area contributed by atoms with Gasteiger partial charge in [-0.05, 0) is 68.7 Å². The zero-order chi connectivity index (χ0) is 42.7. The summed E-state index contributed by atoms with van der Waals surface area (Å²) in [5.74, 6) is -0.239. The first kappa shape index (κ1) is 44.9. The van der Waals surface area contributed by atoms with Crippen LogP contribution in [0.1, 0.15) is 80.7 Å². The van der Waals surface area contributed by atoms with Gasteiger partial charge in [0, 0.05) is 31.6 Å². The molecule has 1 aliphatic heterocycles. The topological polar surface area (TPSA) is 173 Å². The Bertz CT molecular complexity index is 2050. The number of benzene rings is 3. The van der Waals surface area contributed by atoms with Gasteiger partial charge in [0.05, 0.1) is 53.1 Å². The van der Waals surface area contributed by atoms with E-state index in [4.69, 9.17) is 32.7 Å². The largest absolute Gasteiger partial charge is 0.497 e. The SMILES string of the molecule is COC(=O)c1cn([C@H]2C[C@H](OP(OCCC#N)N(C(C)C)C(C)C)[C@@H](COC(c3ccccc3)(c3ccc(OC)cc3)c3ccc(OC)cc3)O2)c(=O)nc1NC(C)=O. The van der Waals surface area contributed by atoms with Gasteiger partial charge in [0.15, 0.2) is 5.82 Å². The van der Waals surface area contributed by atoms with Gasteiger partial charge in [0.1, 0.15) is 35.0 Å². The Hall–Kier alpha value is -5.20. The molecular formula is C43H52N5O10P. The first-order valence-electron chi connectivity index (χ1n) is 19.2. The average molecular weight is 830 g/mol. The molecule has 5 rings (SSSR count). The number of rotatable bonds is 19. The number of amides is 1. The maximum atomic E-state index is 13.7. The van der Waals surface area contributed by atoms with Crippen molar-refractivity contribution in [3.63, 3.8) is 0 Å². The van der Waals surface area contributed by atoms with Gasteiger partial charge in [-0.2, -0.15) is 10.2 Å². The summed E-state index contributed by atoms with van der Waals surface area (Å²) in [5.41, 5.74) is 0.292. The molecule has 3 aromatic carbocycles. The first-order chi connectivity index (χ1) is 28.4.